The van der Waals surface area contributed by atoms with E-state index in [2.05, 4.69) is 5.92 Å². The number of fused-ring (bicyclic) bond motifs is 1. The second kappa shape index (κ2) is 3.29. The largest absolute Gasteiger partial charge is 0.570 e. The normalized spacial score (nSPS) is 11.6. The van der Waals surface area contributed by atoms with Gasteiger partial charge in [0, 0.05) is 17.0 Å². The van der Waals surface area contributed by atoms with Gasteiger partial charge in [-0.3, -0.25) is 4.79 Å². The second-order valence-corrected chi connectivity index (χ2v) is 4.17. The van der Waals surface area contributed by atoms with E-state index < -0.39 is 10.9 Å². The molecular formula is C10H7NO2S. The van der Waals surface area contributed by atoms with Crippen LogP contribution in [-0.4, -0.2) is 8.51 Å². The fourth-order valence-corrected chi connectivity index (χ4v) is 2.55. The summed E-state index contributed by atoms with van der Waals surface area (Å²) in [7, 11) is -1.42. The summed E-state index contributed by atoms with van der Waals surface area (Å²) < 4.78 is 13.5. The van der Waals surface area contributed by atoms with E-state index in [0.29, 0.717) is 10.1 Å². The molecule has 0 aliphatic heterocycles. The quantitative estimate of drug-likeness (QED) is 0.521. The standard InChI is InChI=1S/C10H7NO2S/c1-2-7-11-10(12)8-5-3-4-6-9(8)14(11)13/h1,3-6H,7H2. The van der Waals surface area contributed by atoms with Crippen molar-refractivity contribution in [1.29, 1.82) is 0 Å². The molecule has 0 bridgehead atoms. The van der Waals surface area contributed by atoms with Crippen molar-refractivity contribution in [3.8, 4) is 12.3 Å². The molecule has 1 unspecified atom stereocenters. The van der Waals surface area contributed by atoms with Crippen LogP contribution >= 0.6 is 10.9 Å². The van der Waals surface area contributed by atoms with Gasteiger partial charge in [-0.2, -0.15) is 0 Å². The van der Waals surface area contributed by atoms with E-state index in [9.17, 15) is 9.35 Å². The number of terminal acetylenes is 1. The number of benzene rings is 1. The van der Waals surface area contributed by atoms with Crippen molar-refractivity contribution in [2.24, 2.45) is 0 Å². The molecule has 4 heteroatoms. The molecule has 1 atom stereocenters. The molecule has 2 rings (SSSR count). The number of hydrogen-bond acceptors (Lipinski definition) is 2. The Balaban J connectivity index is 2.87. The van der Waals surface area contributed by atoms with E-state index in [0.717, 1.165) is 0 Å². The van der Waals surface area contributed by atoms with E-state index in [4.69, 9.17) is 6.42 Å². The molecule has 1 aromatic carbocycles. The third kappa shape index (κ3) is 1.15. The molecule has 0 spiro atoms. The van der Waals surface area contributed by atoms with Crippen LogP contribution in [0.3, 0.4) is 0 Å². The number of hydrogen-bond donors (Lipinski definition) is 0. The Morgan fingerprint density at radius 2 is 2.21 bits per heavy atom. The maximum absolute atomic E-state index is 11.7. The first-order chi connectivity index (χ1) is 6.75. The third-order valence-electron chi connectivity index (χ3n) is 1.97. The highest BCUT2D eigenvalue weighted by atomic mass is 32.2. The maximum atomic E-state index is 11.7. The topological polar surface area (TPSA) is 45.1 Å². The van der Waals surface area contributed by atoms with Crippen molar-refractivity contribution in [2.75, 3.05) is 0 Å². The fourth-order valence-electron chi connectivity index (χ4n) is 1.34. The van der Waals surface area contributed by atoms with Gasteiger partial charge in [-0.15, -0.1) is 10.4 Å². The van der Waals surface area contributed by atoms with Crippen LogP contribution in [0.15, 0.2) is 29.1 Å². The molecule has 0 fully saturated rings. The lowest BCUT2D eigenvalue weighted by Crippen LogP contribution is -2.13. The summed E-state index contributed by atoms with van der Waals surface area (Å²) in [6.45, 7) is 0.0835. The van der Waals surface area contributed by atoms with Gasteiger partial charge in [0.2, 0.25) is 4.70 Å². The van der Waals surface area contributed by atoms with Gasteiger partial charge in [-0.1, -0.05) is 18.1 Å². The second-order valence-electron chi connectivity index (χ2n) is 2.79. The summed E-state index contributed by atoms with van der Waals surface area (Å²) >= 11 is 0. The summed E-state index contributed by atoms with van der Waals surface area (Å²) in [5.74, 6) is 2.32. The molecular weight excluding hydrogens is 198 g/mol. The minimum absolute atomic E-state index is 0.0835. The highest BCUT2D eigenvalue weighted by molar-refractivity contribution is 7.26. The van der Waals surface area contributed by atoms with Crippen molar-refractivity contribution in [2.45, 2.75) is 6.54 Å². The Labute approximate surface area is 83.6 Å². The Kier molecular flexibility index (Phi) is 2.12. The number of aromatic nitrogens is 1. The number of nitrogens with zero attached hydrogens (tertiary/aromatic N) is 1. The molecule has 0 saturated carbocycles. The van der Waals surface area contributed by atoms with Crippen LogP contribution in [0.5, 0.6) is 0 Å². The van der Waals surface area contributed by atoms with Crippen LogP contribution in [0.1, 0.15) is 0 Å². The van der Waals surface area contributed by atoms with E-state index in [1.807, 2.05) is 0 Å². The fraction of sp³-hybridized carbons (Fsp3) is 0.100. The van der Waals surface area contributed by atoms with E-state index in [1.54, 1.807) is 24.3 Å². The minimum Gasteiger partial charge on any atom is -0.570 e. The van der Waals surface area contributed by atoms with Crippen LogP contribution in [-0.2, 0) is 6.54 Å². The van der Waals surface area contributed by atoms with Crippen LogP contribution < -0.4 is 5.56 Å². The van der Waals surface area contributed by atoms with Gasteiger partial charge >= 0.3 is 5.56 Å². The molecule has 0 amide bonds. The molecule has 70 valence electrons. The smallest absolute Gasteiger partial charge is 0.305 e. The highest BCUT2D eigenvalue weighted by Gasteiger charge is 2.15. The van der Waals surface area contributed by atoms with Gasteiger partial charge in [-0.25, -0.2) is 0 Å². The van der Waals surface area contributed by atoms with Crippen LogP contribution in [0.25, 0.3) is 10.1 Å². The predicted molar refractivity (Wildman–Crippen MR) is 55.7 cm³/mol. The van der Waals surface area contributed by atoms with Crippen LogP contribution in [0.4, 0.5) is 0 Å². The average Bonchev–Trinajstić information content (AvgIpc) is 2.45. The summed E-state index contributed by atoms with van der Waals surface area (Å²) in [6.07, 6.45) is 5.09. The molecule has 0 radical (unpaired) electrons. The molecule has 1 heterocycles. The SMILES string of the molecule is C#CCn1c(=O)c2ccccc2[s+]1[O-]. The molecule has 0 aliphatic carbocycles. The monoisotopic (exact) mass is 205 g/mol. The van der Waals surface area contributed by atoms with E-state index >= 15 is 0 Å². The molecule has 14 heavy (non-hydrogen) atoms. The highest BCUT2D eigenvalue weighted by Crippen LogP contribution is 2.23. The first-order valence-electron chi connectivity index (χ1n) is 4.02. The van der Waals surface area contributed by atoms with Gasteiger partial charge < -0.3 is 4.55 Å². The maximum Gasteiger partial charge on any atom is 0.305 e. The zero-order chi connectivity index (χ0) is 10.1. The molecule has 1 aromatic heterocycles. The number of rotatable bonds is 1. The van der Waals surface area contributed by atoms with Gasteiger partial charge in [0.25, 0.3) is 0 Å². The van der Waals surface area contributed by atoms with Crippen molar-refractivity contribution in [3.05, 3.63) is 34.6 Å². The van der Waals surface area contributed by atoms with Gasteiger partial charge in [0.05, 0.1) is 0 Å². The summed E-state index contributed by atoms with van der Waals surface area (Å²) in [4.78, 5) is 11.6. The zero-order valence-corrected chi connectivity index (χ0v) is 8.08. The van der Waals surface area contributed by atoms with Crippen molar-refractivity contribution in [1.82, 2.24) is 3.96 Å². The molecule has 3 nitrogen and oxygen atoms in total. The Bertz CT molecular complexity index is 574. The van der Waals surface area contributed by atoms with Crippen LogP contribution in [0, 0.1) is 12.3 Å². The Hall–Kier alpha value is -1.57. The average molecular weight is 205 g/mol. The Morgan fingerprint density at radius 1 is 1.50 bits per heavy atom. The Morgan fingerprint density at radius 3 is 2.86 bits per heavy atom. The summed E-state index contributed by atoms with van der Waals surface area (Å²) in [5.41, 5.74) is -0.253. The van der Waals surface area contributed by atoms with Gasteiger partial charge in [0.15, 0.2) is 0 Å². The molecule has 0 aliphatic rings. The van der Waals surface area contributed by atoms with E-state index in [1.165, 1.54) is 3.96 Å². The molecule has 0 N–H and O–H groups in total. The summed E-state index contributed by atoms with van der Waals surface area (Å²) in [6, 6.07) is 6.84. The van der Waals surface area contributed by atoms with Gasteiger partial charge in [-0.05, 0) is 6.07 Å². The van der Waals surface area contributed by atoms with Crippen LogP contribution in [0.2, 0.25) is 0 Å². The van der Waals surface area contributed by atoms with Crippen molar-refractivity contribution in [3.63, 3.8) is 0 Å². The molecule has 2 aromatic rings. The zero-order valence-electron chi connectivity index (χ0n) is 7.27. The molecule has 0 saturated heterocycles. The van der Waals surface area contributed by atoms with Crippen molar-refractivity contribution >= 4 is 21.0 Å². The van der Waals surface area contributed by atoms with Gasteiger partial charge in [0.1, 0.15) is 11.9 Å². The van der Waals surface area contributed by atoms with Crippen molar-refractivity contribution < 1.29 is 4.55 Å². The lowest BCUT2D eigenvalue weighted by molar-refractivity contribution is 0.577. The minimum atomic E-state index is -1.42. The first kappa shape index (κ1) is 9.00. The predicted octanol–water partition coefficient (Wildman–Crippen LogP) is 1.36. The lowest BCUT2D eigenvalue weighted by Gasteiger charge is -1.93. The first-order valence-corrected chi connectivity index (χ1v) is 5.12. The summed E-state index contributed by atoms with van der Waals surface area (Å²) in [5, 5.41) is 0.487. The van der Waals surface area contributed by atoms with E-state index in [-0.39, 0.29) is 12.1 Å². The lowest BCUT2D eigenvalue weighted by atomic mass is 10.3. The third-order valence-corrected chi connectivity index (χ3v) is 3.39.